The predicted molar refractivity (Wildman–Crippen MR) is 379 cm³/mol. The molecule has 10 nitrogen and oxygen atoms in total. The van der Waals surface area contributed by atoms with Crippen molar-refractivity contribution in [3.8, 4) is 113 Å². The fraction of sp³-hybridized carbons (Fsp3) is 0. The van der Waals surface area contributed by atoms with Crippen LogP contribution in [0, 0.1) is 0 Å². The summed E-state index contributed by atoms with van der Waals surface area (Å²) in [5.74, 6) is 4.99. The van der Waals surface area contributed by atoms with Gasteiger partial charge in [-0.25, -0.2) is 39.9 Å². The Morgan fingerprint density at radius 1 is 0.181 bits per heavy atom. The minimum absolute atomic E-state index is 0.606. The largest absolute Gasteiger partial charge is 0.435 e. The first-order valence-electron chi connectivity index (χ1n) is 31.1. The van der Waals surface area contributed by atoms with Gasteiger partial charge in [0.25, 0.3) is 0 Å². The van der Waals surface area contributed by atoms with Gasteiger partial charge < -0.3 is 8.83 Å². The van der Waals surface area contributed by atoms with Crippen molar-refractivity contribution in [2.24, 2.45) is 0 Å². The highest BCUT2D eigenvalue weighted by Crippen LogP contribution is 2.40. The summed E-state index contributed by atoms with van der Waals surface area (Å²) in [5.41, 5.74) is 15.2. The van der Waals surface area contributed by atoms with Crippen molar-refractivity contribution in [2.45, 2.75) is 0 Å². The molecule has 0 aliphatic heterocycles. The lowest BCUT2D eigenvalue weighted by atomic mass is 9.96. The third-order valence-corrected chi connectivity index (χ3v) is 17.1. The summed E-state index contributed by atoms with van der Waals surface area (Å²) in [4.78, 5) is 39.4. The maximum Gasteiger partial charge on any atom is 0.227 e. The first-order valence-corrected chi connectivity index (χ1v) is 31.1. The van der Waals surface area contributed by atoms with E-state index in [1.165, 1.54) is 5.56 Å². The normalized spacial score (nSPS) is 11.4. The summed E-state index contributed by atoms with van der Waals surface area (Å²) in [5, 5.41) is 8.68. The maximum absolute atomic E-state index is 6.46. The number of oxazole rings is 2. The molecule has 0 fully saturated rings. The zero-order valence-corrected chi connectivity index (χ0v) is 50.4. The minimum atomic E-state index is 0.606. The molecule has 0 saturated heterocycles. The van der Waals surface area contributed by atoms with Crippen molar-refractivity contribution in [1.29, 1.82) is 0 Å². The van der Waals surface area contributed by atoms with Crippen LogP contribution in [0.3, 0.4) is 0 Å². The fourth-order valence-electron chi connectivity index (χ4n) is 12.3. The van der Waals surface area contributed by atoms with E-state index in [1.807, 2.05) is 170 Å². The minimum Gasteiger partial charge on any atom is -0.435 e. The highest BCUT2D eigenvalue weighted by Gasteiger charge is 2.20. The maximum atomic E-state index is 6.46. The van der Waals surface area contributed by atoms with Crippen LogP contribution < -0.4 is 0 Å². The number of fused-ring (bicyclic) bond motifs is 10. The molecule has 0 atom stereocenters. The molecule has 0 radical (unpaired) electrons. The molecule has 94 heavy (non-hydrogen) atoms. The van der Waals surface area contributed by atoms with E-state index < -0.39 is 0 Å². The van der Waals surface area contributed by atoms with Crippen LogP contribution >= 0.6 is 0 Å². The van der Waals surface area contributed by atoms with E-state index >= 15 is 0 Å². The molecule has 0 amide bonds. The molecule has 18 rings (SSSR count). The van der Waals surface area contributed by atoms with E-state index in [4.69, 9.17) is 48.7 Å². The molecule has 4 heterocycles. The average Bonchev–Trinajstić information content (AvgIpc) is 1.45. The van der Waals surface area contributed by atoms with Gasteiger partial charge in [0.15, 0.2) is 46.1 Å². The van der Waals surface area contributed by atoms with Gasteiger partial charge in [-0.1, -0.05) is 261 Å². The van der Waals surface area contributed by atoms with E-state index in [9.17, 15) is 0 Å². The standard InChI is InChI=1S/2C42H26N4O/c1-4-11-29(12-5-1)39-44-40(30-13-6-2-7-14-30)46-41(45-39)34-18-10-17-32(25-34)33-22-20-27-19-21-28-23-24-36-38(37(28)35(27)26-33)47-42(43-36)31-15-8-3-9-16-31;1-4-10-27(11-5-1)28-16-21-32(22-17-28)40-44-39(31-12-6-2-7-13-31)45-41(46-40)34-23-19-29-18-20-30-24-25-36-38(37(30)35(29)26-34)47-42(43-36)33-14-8-3-9-15-33/h2*1-26H. The summed E-state index contributed by atoms with van der Waals surface area (Å²) in [6, 6.07) is 107. The quantitative estimate of drug-likeness (QED) is 0.122. The summed E-state index contributed by atoms with van der Waals surface area (Å²) in [7, 11) is 0. The van der Waals surface area contributed by atoms with Crippen LogP contribution in [0.25, 0.3) is 179 Å². The van der Waals surface area contributed by atoms with Gasteiger partial charge >= 0.3 is 0 Å². The summed E-state index contributed by atoms with van der Waals surface area (Å²) in [6.45, 7) is 0. The summed E-state index contributed by atoms with van der Waals surface area (Å²) < 4.78 is 12.9. The molecule has 4 aromatic heterocycles. The molecule has 0 bridgehead atoms. The monoisotopic (exact) mass is 1200 g/mol. The van der Waals surface area contributed by atoms with Crippen molar-refractivity contribution in [2.75, 3.05) is 0 Å². The highest BCUT2D eigenvalue weighted by atomic mass is 16.4. The van der Waals surface area contributed by atoms with E-state index in [2.05, 4.69) is 146 Å². The van der Waals surface area contributed by atoms with E-state index in [0.717, 1.165) is 126 Å². The number of rotatable bonds is 10. The van der Waals surface area contributed by atoms with Crippen LogP contribution in [0.2, 0.25) is 0 Å². The van der Waals surface area contributed by atoms with E-state index in [0.29, 0.717) is 46.7 Å². The molecular formula is C84H52N8O2. The second-order valence-electron chi connectivity index (χ2n) is 23.0. The van der Waals surface area contributed by atoms with Crippen molar-refractivity contribution in [1.82, 2.24) is 39.9 Å². The second kappa shape index (κ2) is 23.8. The van der Waals surface area contributed by atoms with Crippen molar-refractivity contribution in [3.63, 3.8) is 0 Å². The molecule has 0 aliphatic rings. The van der Waals surface area contributed by atoms with Crippen molar-refractivity contribution in [3.05, 3.63) is 315 Å². The van der Waals surface area contributed by atoms with Crippen LogP contribution in [0.1, 0.15) is 0 Å². The molecular weight excluding hydrogens is 1150 g/mol. The Labute approximate surface area is 540 Å². The van der Waals surface area contributed by atoms with Gasteiger partial charge in [-0.2, -0.15) is 0 Å². The zero-order valence-electron chi connectivity index (χ0n) is 50.4. The van der Waals surface area contributed by atoms with Crippen LogP contribution in [0.5, 0.6) is 0 Å². The Morgan fingerprint density at radius 3 is 0.883 bits per heavy atom. The number of aromatic nitrogens is 8. The van der Waals surface area contributed by atoms with Gasteiger partial charge in [-0.05, 0) is 109 Å². The molecule has 0 spiro atoms. The molecule has 0 saturated carbocycles. The van der Waals surface area contributed by atoms with Gasteiger partial charge in [0.2, 0.25) is 11.8 Å². The Bertz CT molecular complexity index is 5770. The van der Waals surface area contributed by atoms with Crippen molar-refractivity contribution >= 4 is 65.3 Å². The number of nitrogens with zero attached hydrogens (tertiary/aromatic N) is 8. The van der Waals surface area contributed by atoms with E-state index in [1.54, 1.807) is 0 Å². The second-order valence-corrected chi connectivity index (χ2v) is 23.0. The van der Waals surface area contributed by atoms with Gasteiger partial charge in [-0.3, -0.25) is 0 Å². The molecule has 0 N–H and O–H groups in total. The molecule has 14 aromatic carbocycles. The Hall–Kier alpha value is -12.9. The van der Waals surface area contributed by atoms with E-state index in [-0.39, 0.29) is 0 Å². The summed E-state index contributed by atoms with van der Waals surface area (Å²) >= 11 is 0. The van der Waals surface area contributed by atoms with Gasteiger partial charge in [-0.15, -0.1) is 0 Å². The molecule has 440 valence electrons. The van der Waals surface area contributed by atoms with Gasteiger partial charge in [0, 0.05) is 55.3 Å². The third kappa shape index (κ3) is 10.6. The number of benzene rings is 14. The Kier molecular flexibility index (Phi) is 14.0. The molecule has 10 heteroatoms. The SMILES string of the molecule is c1ccc(-c2ccc(-c3nc(-c4ccccc4)nc(-c4ccc5ccc6ccc7nc(-c8ccccc8)oc7c6c5c4)n3)cc2)cc1.c1ccc(-c2nc(-c3ccccc3)nc(-c3cccc(-c4ccc5ccc6ccc7nc(-c8ccccc8)oc7c6c5c4)c3)n2)cc1. The Balaban J connectivity index is 0.000000143. The van der Waals surface area contributed by atoms with Gasteiger partial charge in [0.05, 0.1) is 0 Å². The lowest BCUT2D eigenvalue weighted by Crippen LogP contribution is -2.00. The fourth-order valence-corrected chi connectivity index (χ4v) is 12.3. The van der Waals surface area contributed by atoms with Crippen molar-refractivity contribution < 1.29 is 8.83 Å². The molecule has 18 aromatic rings. The lowest BCUT2D eigenvalue weighted by Gasteiger charge is -2.11. The molecule has 0 unspecified atom stereocenters. The van der Waals surface area contributed by atoms with Crippen LogP contribution in [-0.4, -0.2) is 39.9 Å². The number of hydrogen-bond donors (Lipinski definition) is 0. The zero-order chi connectivity index (χ0) is 62.3. The number of hydrogen-bond acceptors (Lipinski definition) is 10. The smallest absolute Gasteiger partial charge is 0.227 e. The Morgan fingerprint density at radius 2 is 0.447 bits per heavy atom. The molecule has 0 aliphatic carbocycles. The first kappa shape index (κ1) is 55.2. The van der Waals surface area contributed by atoms with Crippen LogP contribution in [-0.2, 0) is 0 Å². The topological polar surface area (TPSA) is 129 Å². The predicted octanol–water partition coefficient (Wildman–Crippen LogP) is 21.3. The highest BCUT2D eigenvalue weighted by molar-refractivity contribution is 6.20. The average molecular weight is 1210 g/mol. The van der Waals surface area contributed by atoms with Gasteiger partial charge in [0.1, 0.15) is 11.0 Å². The summed E-state index contributed by atoms with van der Waals surface area (Å²) in [6.07, 6.45) is 0. The third-order valence-electron chi connectivity index (χ3n) is 17.1. The lowest BCUT2D eigenvalue weighted by molar-refractivity contribution is 0.623. The van der Waals surface area contributed by atoms with Crippen LogP contribution in [0.15, 0.2) is 324 Å². The van der Waals surface area contributed by atoms with Crippen LogP contribution in [0.4, 0.5) is 0 Å². The first-order chi connectivity index (χ1) is 46.5.